The highest BCUT2D eigenvalue weighted by molar-refractivity contribution is 4.84. The number of nitrogens with one attached hydrogen (secondary N) is 1. The van der Waals surface area contributed by atoms with E-state index in [1.54, 1.807) is 0 Å². The maximum Gasteiger partial charge on any atom is 0.00696 e. The molecule has 2 aliphatic rings. The molecule has 2 heteroatoms. The minimum atomic E-state index is 0.837. The summed E-state index contributed by atoms with van der Waals surface area (Å²) < 4.78 is 0. The van der Waals surface area contributed by atoms with Crippen LogP contribution in [0.3, 0.4) is 0 Å². The second-order valence-corrected chi connectivity index (χ2v) is 5.88. The van der Waals surface area contributed by atoms with Gasteiger partial charge in [-0.1, -0.05) is 19.8 Å². The Morgan fingerprint density at radius 2 is 2.06 bits per heavy atom. The van der Waals surface area contributed by atoms with Gasteiger partial charge < -0.3 is 10.2 Å². The molecule has 1 aliphatic heterocycles. The number of hydrogen-bond donors (Lipinski definition) is 1. The second-order valence-electron chi connectivity index (χ2n) is 5.88. The average molecular weight is 224 g/mol. The van der Waals surface area contributed by atoms with Crippen LogP contribution in [-0.2, 0) is 0 Å². The summed E-state index contributed by atoms with van der Waals surface area (Å²) in [5, 5.41) is 3.56. The topological polar surface area (TPSA) is 15.3 Å². The van der Waals surface area contributed by atoms with E-state index in [1.807, 2.05) is 0 Å². The minimum absolute atomic E-state index is 0.837. The van der Waals surface area contributed by atoms with E-state index in [0.717, 1.165) is 17.9 Å². The van der Waals surface area contributed by atoms with Crippen LogP contribution >= 0.6 is 0 Å². The van der Waals surface area contributed by atoms with Gasteiger partial charge in [-0.2, -0.15) is 0 Å². The first-order valence-electron chi connectivity index (χ1n) is 7.24. The summed E-state index contributed by atoms with van der Waals surface area (Å²) in [5.74, 6) is 1.99. The lowest BCUT2D eigenvalue weighted by molar-refractivity contribution is 0.230. The quantitative estimate of drug-likeness (QED) is 0.668. The fraction of sp³-hybridized carbons (Fsp3) is 1.00. The smallest absolute Gasteiger partial charge is 0.00696 e. The lowest BCUT2D eigenvalue weighted by Crippen LogP contribution is -2.33. The van der Waals surface area contributed by atoms with Gasteiger partial charge in [-0.25, -0.2) is 0 Å². The molecule has 0 amide bonds. The fourth-order valence-electron chi connectivity index (χ4n) is 2.90. The first kappa shape index (κ1) is 12.4. The van der Waals surface area contributed by atoms with Gasteiger partial charge in [0.1, 0.15) is 0 Å². The predicted molar refractivity (Wildman–Crippen MR) is 69.6 cm³/mol. The zero-order chi connectivity index (χ0) is 11.4. The first-order valence-corrected chi connectivity index (χ1v) is 7.24. The SMILES string of the molecule is CCCNCC1CCN(C(C)CC2CC2)C1. The molecular weight excluding hydrogens is 196 g/mol. The summed E-state index contributed by atoms with van der Waals surface area (Å²) in [4.78, 5) is 2.72. The summed E-state index contributed by atoms with van der Waals surface area (Å²) >= 11 is 0. The Labute approximate surface area is 101 Å². The molecule has 0 aromatic heterocycles. The van der Waals surface area contributed by atoms with Crippen LogP contribution < -0.4 is 5.32 Å². The van der Waals surface area contributed by atoms with Gasteiger partial charge in [0.05, 0.1) is 0 Å². The third kappa shape index (κ3) is 3.74. The van der Waals surface area contributed by atoms with Crippen molar-refractivity contribution in [2.75, 3.05) is 26.2 Å². The van der Waals surface area contributed by atoms with Gasteiger partial charge in [0.25, 0.3) is 0 Å². The molecule has 94 valence electrons. The highest BCUT2D eigenvalue weighted by atomic mass is 15.2. The van der Waals surface area contributed by atoms with E-state index < -0.39 is 0 Å². The zero-order valence-electron chi connectivity index (χ0n) is 11.0. The molecule has 1 N–H and O–H groups in total. The van der Waals surface area contributed by atoms with Crippen LogP contribution in [0.1, 0.15) is 46.0 Å². The Bertz CT molecular complexity index is 201. The molecule has 1 heterocycles. The molecule has 2 fully saturated rings. The van der Waals surface area contributed by atoms with Crippen molar-refractivity contribution in [2.45, 2.75) is 52.0 Å². The van der Waals surface area contributed by atoms with E-state index in [0.29, 0.717) is 0 Å². The molecule has 0 spiro atoms. The lowest BCUT2D eigenvalue weighted by Gasteiger charge is -2.24. The van der Waals surface area contributed by atoms with Gasteiger partial charge in [0.2, 0.25) is 0 Å². The van der Waals surface area contributed by atoms with Crippen LogP contribution in [0.2, 0.25) is 0 Å². The van der Waals surface area contributed by atoms with Crippen LogP contribution in [0.4, 0.5) is 0 Å². The Morgan fingerprint density at radius 1 is 1.25 bits per heavy atom. The molecule has 2 nitrogen and oxygen atoms in total. The van der Waals surface area contributed by atoms with Crippen molar-refractivity contribution in [3.05, 3.63) is 0 Å². The number of hydrogen-bond acceptors (Lipinski definition) is 2. The van der Waals surface area contributed by atoms with Crippen molar-refractivity contribution < 1.29 is 0 Å². The van der Waals surface area contributed by atoms with Crippen molar-refractivity contribution in [3.8, 4) is 0 Å². The van der Waals surface area contributed by atoms with Crippen LogP contribution in [-0.4, -0.2) is 37.1 Å². The van der Waals surface area contributed by atoms with Crippen LogP contribution in [0.25, 0.3) is 0 Å². The molecule has 1 aliphatic carbocycles. The van der Waals surface area contributed by atoms with Crippen molar-refractivity contribution in [2.24, 2.45) is 11.8 Å². The fourth-order valence-corrected chi connectivity index (χ4v) is 2.90. The first-order chi connectivity index (χ1) is 7.79. The summed E-state index contributed by atoms with van der Waals surface area (Å²) in [6, 6.07) is 0.837. The van der Waals surface area contributed by atoms with Gasteiger partial charge in [0, 0.05) is 12.6 Å². The highest BCUT2D eigenvalue weighted by Gasteiger charge is 2.30. The van der Waals surface area contributed by atoms with Crippen LogP contribution in [0.15, 0.2) is 0 Å². The van der Waals surface area contributed by atoms with Crippen LogP contribution in [0.5, 0.6) is 0 Å². The molecule has 2 rings (SSSR count). The minimum Gasteiger partial charge on any atom is -0.316 e. The Hall–Kier alpha value is -0.0800. The Morgan fingerprint density at radius 3 is 2.75 bits per heavy atom. The Kier molecular flexibility index (Phi) is 4.66. The molecule has 0 aromatic rings. The van der Waals surface area contributed by atoms with E-state index in [9.17, 15) is 0 Å². The van der Waals surface area contributed by atoms with Gasteiger partial charge in [-0.05, 0) is 57.7 Å². The van der Waals surface area contributed by atoms with Crippen molar-refractivity contribution in [1.29, 1.82) is 0 Å². The molecule has 0 radical (unpaired) electrons. The number of nitrogens with zero attached hydrogens (tertiary/aromatic N) is 1. The molecule has 0 aromatic carbocycles. The lowest BCUT2D eigenvalue weighted by atomic mass is 10.1. The van der Waals surface area contributed by atoms with Crippen molar-refractivity contribution in [1.82, 2.24) is 10.2 Å². The van der Waals surface area contributed by atoms with Gasteiger partial charge >= 0.3 is 0 Å². The van der Waals surface area contributed by atoms with E-state index in [-0.39, 0.29) is 0 Å². The summed E-state index contributed by atoms with van der Waals surface area (Å²) in [7, 11) is 0. The third-order valence-corrected chi connectivity index (χ3v) is 4.17. The standard InChI is InChI=1S/C14H28N2/c1-3-7-15-10-14-6-8-16(11-14)12(2)9-13-4-5-13/h12-15H,3-11H2,1-2H3. The summed E-state index contributed by atoms with van der Waals surface area (Å²) in [6.07, 6.45) is 7.12. The number of rotatable bonds is 7. The zero-order valence-corrected chi connectivity index (χ0v) is 11.0. The summed E-state index contributed by atoms with van der Waals surface area (Å²) in [6.45, 7) is 9.78. The average Bonchev–Trinajstić information content (AvgIpc) is 2.95. The second kappa shape index (κ2) is 6.02. The molecule has 1 saturated carbocycles. The molecule has 1 saturated heterocycles. The third-order valence-electron chi connectivity index (χ3n) is 4.17. The normalized spacial score (nSPS) is 28.5. The van der Waals surface area contributed by atoms with Gasteiger partial charge in [-0.3, -0.25) is 0 Å². The molecule has 16 heavy (non-hydrogen) atoms. The van der Waals surface area contributed by atoms with E-state index in [4.69, 9.17) is 0 Å². The van der Waals surface area contributed by atoms with E-state index >= 15 is 0 Å². The molecular formula is C14H28N2. The van der Waals surface area contributed by atoms with Crippen LogP contribution in [0, 0.1) is 11.8 Å². The van der Waals surface area contributed by atoms with E-state index in [1.165, 1.54) is 58.3 Å². The largest absolute Gasteiger partial charge is 0.316 e. The predicted octanol–water partition coefficient (Wildman–Crippen LogP) is 2.50. The molecule has 2 atom stereocenters. The molecule has 2 unspecified atom stereocenters. The summed E-state index contributed by atoms with van der Waals surface area (Å²) in [5.41, 5.74) is 0. The highest BCUT2D eigenvalue weighted by Crippen LogP contribution is 2.35. The molecule has 0 bridgehead atoms. The maximum atomic E-state index is 3.56. The van der Waals surface area contributed by atoms with Gasteiger partial charge in [0.15, 0.2) is 0 Å². The van der Waals surface area contributed by atoms with Crippen molar-refractivity contribution in [3.63, 3.8) is 0 Å². The monoisotopic (exact) mass is 224 g/mol. The number of likely N-dealkylation sites (tertiary alicyclic amines) is 1. The van der Waals surface area contributed by atoms with Crippen molar-refractivity contribution >= 4 is 0 Å². The van der Waals surface area contributed by atoms with E-state index in [2.05, 4.69) is 24.1 Å². The van der Waals surface area contributed by atoms with Gasteiger partial charge in [-0.15, -0.1) is 0 Å². The maximum absolute atomic E-state index is 3.56. The Balaban J connectivity index is 1.61.